The zero-order valence-corrected chi connectivity index (χ0v) is 12.6. The number of rotatable bonds is 2. The lowest BCUT2D eigenvalue weighted by Gasteiger charge is -2.31. The van der Waals surface area contributed by atoms with Crippen molar-refractivity contribution in [3.05, 3.63) is 10.0 Å². The summed E-state index contributed by atoms with van der Waals surface area (Å²) in [6.45, 7) is 6.66. The van der Waals surface area contributed by atoms with Crippen LogP contribution in [-0.4, -0.2) is 18.0 Å². The van der Waals surface area contributed by atoms with Crippen LogP contribution in [0.4, 0.5) is 0 Å². The van der Waals surface area contributed by atoms with E-state index in [0.29, 0.717) is 5.92 Å². The van der Waals surface area contributed by atoms with E-state index in [4.69, 9.17) is 7.85 Å². The molecule has 0 spiro atoms. The minimum atomic E-state index is -0.223. The van der Waals surface area contributed by atoms with Crippen molar-refractivity contribution in [1.29, 1.82) is 0 Å². The Morgan fingerprint density at radius 2 is 2.00 bits per heavy atom. The number of aromatic nitrogens is 2. The van der Waals surface area contributed by atoms with Gasteiger partial charge in [-0.3, -0.25) is 0 Å². The van der Waals surface area contributed by atoms with Crippen molar-refractivity contribution in [3.63, 3.8) is 0 Å². The van der Waals surface area contributed by atoms with Crippen molar-refractivity contribution in [2.24, 2.45) is 5.92 Å². The third-order valence-electron chi connectivity index (χ3n) is 4.01. The number of hydrogen-bond acceptors (Lipinski definition) is 3. The van der Waals surface area contributed by atoms with E-state index in [-0.39, 0.29) is 5.31 Å². The highest BCUT2D eigenvalue weighted by Crippen LogP contribution is 2.38. The molecule has 1 aliphatic rings. The molecule has 1 heterocycles. The maximum absolute atomic E-state index is 6.63. The second kappa shape index (κ2) is 5.73. The van der Waals surface area contributed by atoms with Crippen LogP contribution in [-0.2, 0) is 5.31 Å². The molecule has 2 unspecified atom stereocenters. The minimum Gasteiger partial charge on any atom is -0.144 e. The van der Waals surface area contributed by atoms with Crippen molar-refractivity contribution in [2.75, 3.05) is 0 Å². The molecule has 0 saturated heterocycles. The van der Waals surface area contributed by atoms with Gasteiger partial charge < -0.3 is 0 Å². The monoisotopic (exact) mass is 262 g/mol. The lowest BCUT2D eigenvalue weighted by molar-refractivity contribution is 0.349. The van der Waals surface area contributed by atoms with E-state index in [0.717, 1.165) is 28.8 Å². The van der Waals surface area contributed by atoms with Crippen molar-refractivity contribution >= 4 is 19.2 Å². The van der Waals surface area contributed by atoms with E-state index in [9.17, 15) is 0 Å². The first-order valence-corrected chi connectivity index (χ1v) is 7.95. The maximum Gasteiger partial charge on any atom is 0.119 e. The van der Waals surface area contributed by atoms with Gasteiger partial charge in [-0.25, -0.2) is 0 Å². The van der Waals surface area contributed by atoms with Gasteiger partial charge in [-0.05, 0) is 24.1 Å². The Bertz CT molecular complexity index is 391. The SMILES string of the molecule is [B]C1(c2nnc(C(C)C)s2)CCCCC(C)CC1. The fourth-order valence-corrected chi connectivity index (χ4v) is 3.59. The first-order chi connectivity index (χ1) is 8.51. The van der Waals surface area contributed by atoms with Crippen LogP contribution in [0.3, 0.4) is 0 Å². The van der Waals surface area contributed by atoms with Crippen LogP contribution in [0.25, 0.3) is 0 Å². The van der Waals surface area contributed by atoms with Crippen LogP contribution < -0.4 is 0 Å². The molecule has 18 heavy (non-hydrogen) atoms. The molecule has 1 aromatic rings. The number of nitrogens with zero attached hydrogens (tertiary/aromatic N) is 2. The summed E-state index contributed by atoms with van der Waals surface area (Å²) in [5, 5.41) is 10.6. The Morgan fingerprint density at radius 3 is 2.67 bits per heavy atom. The Labute approximate surface area is 116 Å². The fraction of sp³-hybridized carbons (Fsp3) is 0.857. The van der Waals surface area contributed by atoms with Crippen LogP contribution in [0.2, 0.25) is 0 Å². The van der Waals surface area contributed by atoms with Crippen LogP contribution in [0.1, 0.15) is 75.2 Å². The van der Waals surface area contributed by atoms with Gasteiger partial charge in [-0.1, -0.05) is 46.5 Å². The Hall–Kier alpha value is -0.375. The summed E-state index contributed by atoms with van der Waals surface area (Å²) in [5.41, 5.74) is 0. The normalized spacial score (nSPS) is 30.1. The Kier molecular flexibility index (Phi) is 4.47. The molecule has 0 aliphatic heterocycles. The molecule has 98 valence electrons. The maximum atomic E-state index is 6.63. The average molecular weight is 262 g/mol. The zero-order valence-electron chi connectivity index (χ0n) is 11.8. The van der Waals surface area contributed by atoms with Gasteiger partial charge in [0.15, 0.2) is 0 Å². The molecular weight excluding hydrogens is 239 g/mol. The second-order valence-electron chi connectivity index (χ2n) is 6.15. The smallest absolute Gasteiger partial charge is 0.119 e. The van der Waals surface area contributed by atoms with Crippen LogP contribution in [0.15, 0.2) is 0 Å². The van der Waals surface area contributed by atoms with Gasteiger partial charge in [0.25, 0.3) is 0 Å². The Morgan fingerprint density at radius 1 is 1.22 bits per heavy atom. The predicted octanol–water partition coefficient (Wildman–Crippen LogP) is 4.02. The largest absolute Gasteiger partial charge is 0.144 e. The molecule has 2 atom stereocenters. The van der Waals surface area contributed by atoms with Gasteiger partial charge in [0.2, 0.25) is 0 Å². The molecule has 0 N–H and O–H groups in total. The highest BCUT2D eigenvalue weighted by atomic mass is 32.1. The van der Waals surface area contributed by atoms with E-state index >= 15 is 0 Å². The standard InChI is InChI=1S/C14H23BN2S/c1-10(2)12-16-17-13(18-12)14(15)8-5-4-6-11(3)7-9-14/h10-11H,4-9H2,1-3H3. The topological polar surface area (TPSA) is 25.8 Å². The summed E-state index contributed by atoms with van der Waals surface area (Å²) in [5.74, 6) is 1.25. The molecule has 1 fully saturated rings. The Balaban J connectivity index is 2.16. The molecule has 4 heteroatoms. The summed E-state index contributed by atoms with van der Waals surface area (Å²) in [7, 11) is 6.63. The van der Waals surface area contributed by atoms with Crippen LogP contribution in [0, 0.1) is 5.92 Å². The highest BCUT2D eigenvalue weighted by molar-refractivity contribution is 7.11. The van der Waals surface area contributed by atoms with Gasteiger partial charge in [0.1, 0.15) is 10.0 Å². The fourth-order valence-electron chi connectivity index (χ4n) is 2.59. The summed E-state index contributed by atoms with van der Waals surface area (Å²) >= 11 is 1.72. The van der Waals surface area contributed by atoms with Crippen LogP contribution >= 0.6 is 11.3 Å². The second-order valence-corrected chi connectivity index (χ2v) is 7.16. The van der Waals surface area contributed by atoms with Crippen LogP contribution in [0.5, 0.6) is 0 Å². The molecule has 2 radical (unpaired) electrons. The molecule has 1 aliphatic carbocycles. The van der Waals surface area contributed by atoms with Crippen molar-refractivity contribution < 1.29 is 0 Å². The lowest BCUT2D eigenvalue weighted by Crippen LogP contribution is -2.28. The van der Waals surface area contributed by atoms with Gasteiger partial charge in [-0.2, -0.15) is 0 Å². The molecule has 2 rings (SSSR count). The van der Waals surface area contributed by atoms with Gasteiger partial charge in [-0.15, -0.1) is 21.5 Å². The molecule has 1 saturated carbocycles. The third-order valence-corrected chi connectivity index (χ3v) is 5.46. The summed E-state index contributed by atoms with van der Waals surface area (Å²) in [6, 6.07) is 0. The molecule has 0 bridgehead atoms. The van der Waals surface area contributed by atoms with E-state index in [1.807, 2.05) is 0 Å². The zero-order chi connectivity index (χ0) is 13.2. The summed E-state index contributed by atoms with van der Waals surface area (Å²) in [4.78, 5) is 0. The van der Waals surface area contributed by atoms with E-state index in [1.54, 1.807) is 11.3 Å². The minimum absolute atomic E-state index is 0.223. The van der Waals surface area contributed by atoms with Crippen molar-refractivity contribution in [1.82, 2.24) is 10.2 Å². The van der Waals surface area contributed by atoms with Crippen molar-refractivity contribution in [3.8, 4) is 0 Å². The van der Waals surface area contributed by atoms with E-state index in [2.05, 4.69) is 31.0 Å². The van der Waals surface area contributed by atoms with Crippen molar-refractivity contribution in [2.45, 2.75) is 70.5 Å². The predicted molar refractivity (Wildman–Crippen MR) is 78.3 cm³/mol. The molecule has 1 aromatic heterocycles. The lowest BCUT2D eigenvalue weighted by atomic mass is 9.61. The van der Waals surface area contributed by atoms with E-state index < -0.39 is 0 Å². The van der Waals surface area contributed by atoms with Gasteiger partial charge in [0, 0.05) is 5.92 Å². The van der Waals surface area contributed by atoms with Gasteiger partial charge in [0.05, 0.1) is 7.85 Å². The quantitative estimate of drug-likeness (QED) is 0.752. The molecular formula is C14H23BN2S. The first-order valence-electron chi connectivity index (χ1n) is 7.14. The van der Waals surface area contributed by atoms with Gasteiger partial charge >= 0.3 is 0 Å². The average Bonchev–Trinajstić information content (AvgIpc) is 2.80. The molecule has 0 amide bonds. The van der Waals surface area contributed by atoms with E-state index in [1.165, 1.54) is 25.7 Å². The molecule has 2 nitrogen and oxygen atoms in total. The summed E-state index contributed by atoms with van der Waals surface area (Å²) < 4.78 is 0. The summed E-state index contributed by atoms with van der Waals surface area (Å²) in [6.07, 6.45) is 7.21. The third kappa shape index (κ3) is 3.14. The number of hydrogen-bond donors (Lipinski definition) is 0. The highest BCUT2D eigenvalue weighted by Gasteiger charge is 2.31. The molecule has 0 aromatic carbocycles. The first kappa shape index (κ1) is 14.0.